The van der Waals surface area contributed by atoms with Crippen LogP contribution in [0, 0.1) is 11.3 Å². The lowest BCUT2D eigenvalue weighted by Gasteiger charge is -2.07. The molecule has 0 spiro atoms. The van der Waals surface area contributed by atoms with Crippen molar-refractivity contribution in [2.24, 2.45) is 0 Å². The summed E-state index contributed by atoms with van der Waals surface area (Å²) in [4.78, 5) is 12.0. The number of carbonyl (C=O) groups excluding carboxylic acids is 1. The van der Waals surface area contributed by atoms with Gasteiger partial charge in [0.2, 0.25) is 0 Å². The molecule has 2 rings (SSSR count). The Labute approximate surface area is 121 Å². The minimum absolute atomic E-state index is 0.0158. The Hall–Kier alpha value is -2.51. The van der Waals surface area contributed by atoms with Crippen LogP contribution in [0.15, 0.2) is 42.5 Å². The fraction of sp³-hybridized carbons (Fsp3) is 0.0667. The molecule has 0 bridgehead atoms. The van der Waals surface area contributed by atoms with E-state index in [9.17, 15) is 9.90 Å². The molecular weight excluding hydrogens is 276 g/mol. The van der Waals surface area contributed by atoms with Gasteiger partial charge < -0.3 is 10.4 Å². The lowest BCUT2D eigenvalue weighted by atomic mass is 10.1. The Morgan fingerprint density at radius 3 is 2.60 bits per heavy atom. The molecule has 0 aliphatic rings. The molecule has 0 saturated heterocycles. The summed E-state index contributed by atoms with van der Waals surface area (Å²) in [5, 5.41) is 21.0. The van der Waals surface area contributed by atoms with Crippen molar-refractivity contribution in [3.8, 4) is 11.8 Å². The second-order valence-corrected chi connectivity index (χ2v) is 4.56. The molecule has 2 aromatic rings. The van der Waals surface area contributed by atoms with Crippen LogP contribution in [-0.4, -0.2) is 11.0 Å². The third-order valence-corrected chi connectivity index (χ3v) is 3.06. The predicted molar refractivity (Wildman–Crippen MR) is 75.4 cm³/mol. The summed E-state index contributed by atoms with van der Waals surface area (Å²) in [5.74, 6) is -0.381. The van der Waals surface area contributed by atoms with Gasteiger partial charge in [0.15, 0.2) is 0 Å². The Bertz CT molecular complexity index is 675. The lowest BCUT2D eigenvalue weighted by molar-refractivity contribution is 0.0950. The van der Waals surface area contributed by atoms with E-state index in [1.807, 2.05) is 6.07 Å². The summed E-state index contributed by atoms with van der Waals surface area (Å²) in [5.41, 5.74) is 1.66. The molecule has 0 atom stereocenters. The van der Waals surface area contributed by atoms with Crippen molar-refractivity contribution in [3.63, 3.8) is 0 Å². The van der Waals surface area contributed by atoms with E-state index in [-0.39, 0.29) is 22.2 Å². The first-order valence-electron chi connectivity index (χ1n) is 5.86. The van der Waals surface area contributed by atoms with E-state index < -0.39 is 0 Å². The maximum Gasteiger partial charge on any atom is 0.253 e. The van der Waals surface area contributed by atoms with Crippen LogP contribution in [-0.2, 0) is 6.54 Å². The topological polar surface area (TPSA) is 73.1 Å². The third kappa shape index (κ3) is 3.28. The summed E-state index contributed by atoms with van der Waals surface area (Å²) in [7, 11) is 0. The van der Waals surface area contributed by atoms with E-state index in [0.717, 1.165) is 5.56 Å². The van der Waals surface area contributed by atoms with Crippen molar-refractivity contribution < 1.29 is 9.90 Å². The van der Waals surface area contributed by atoms with Gasteiger partial charge in [-0.3, -0.25) is 4.79 Å². The molecule has 20 heavy (non-hydrogen) atoms. The van der Waals surface area contributed by atoms with E-state index in [0.29, 0.717) is 12.1 Å². The molecule has 5 heteroatoms. The summed E-state index contributed by atoms with van der Waals surface area (Å²) in [6.45, 7) is 0.316. The highest BCUT2D eigenvalue weighted by atomic mass is 35.5. The number of hydrogen-bond donors (Lipinski definition) is 2. The Morgan fingerprint density at radius 1 is 1.25 bits per heavy atom. The predicted octanol–water partition coefficient (Wildman–Crippen LogP) is 2.85. The van der Waals surface area contributed by atoms with Gasteiger partial charge in [-0.15, -0.1) is 0 Å². The molecule has 1 amide bonds. The lowest BCUT2D eigenvalue weighted by Crippen LogP contribution is -2.23. The van der Waals surface area contributed by atoms with E-state index in [1.165, 1.54) is 18.2 Å². The number of aromatic hydroxyl groups is 1. The van der Waals surface area contributed by atoms with Gasteiger partial charge in [-0.1, -0.05) is 23.7 Å². The van der Waals surface area contributed by atoms with Crippen LogP contribution in [0.5, 0.6) is 5.75 Å². The molecule has 0 aromatic heterocycles. The molecule has 0 heterocycles. The molecule has 100 valence electrons. The number of nitriles is 1. The number of phenols is 1. The smallest absolute Gasteiger partial charge is 0.253 e. The summed E-state index contributed by atoms with van der Waals surface area (Å²) < 4.78 is 0. The van der Waals surface area contributed by atoms with Gasteiger partial charge in [0, 0.05) is 6.54 Å². The zero-order chi connectivity index (χ0) is 14.5. The van der Waals surface area contributed by atoms with Crippen LogP contribution in [0.3, 0.4) is 0 Å². The minimum Gasteiger partial charge on any atom is -0.508 e. The van der Waals surface area contributed by atoms with E-state index in [2.05, 4.69) is 5.32 Å². The minimum atomic E-state index is -0.366. The first kappa shape index (κ1) is 13.9. The van der Waals surface area contributed by atoms with E-state index >= 15 is 0 Å². The standard InChI is InChI=1S/C15H11ClN2O2/c16-14-6-5-12(19)7-13(14)15(20)18-9-11-3-1-10(8-17)2-4-11/h1-7,19H,9H2,(H,18,20). The van der Waals surface area contributed by atoms with Gasteiger partial charge in [0.25, 0.3) is 5.91 Å². The van der Waals surface area contributed by atoms with Crippen molar-refractivity contribution in [2.75, 3.05) is 0 Å². The maximum absolute atomic E-state index is 12.0. The highest BCUT2D eigenvalue weighted by Gasteiger charge is 2.10. The number of nitrogens with one attached hydrogen (secondary N) is 1. The molecule has 0 saturated carbocycles. The molecule has 0 radical (unpaired) electrons. The fourth-order valence-corrected chi connectivity index (χ4v) is 1.87. The number of hydrogen-bond acceptors (Lipinski definition) is 3. The first-order valence-corrected chi connectivity index (χ1v) is 6.23. The summed E-state index contributed by atoms with van der Waals surface area (Å²) in [6.07, 6.45) is 0. The molecular formula is C15H11ClN2O2. The second-order valence-electron chi connectivity index (χ2n) is 4.16. The van der Waals surface area contributed by atoms with Gasteiger partial charge in [0.05, 0.1) is 22.2 Å². The normalized spacial score (nSPS) is 9.80. The molecule has 2 aromatic carbocycles. The highest BCUT2D eigenvalue weighted by molar-refractivity contribution is 6.33. The van der Waals surface area contributed by atoms with Crippen molar-refractivity contribution in [1.82, 2.24) is 5.32 Å². The number of rotatable bonds is 3. The fourth-order valence-electron chi connectivity index (χ4n) is 1.66. The first-order chi connectivity index (χ1) is 9.60. The van der Waals surface area contributed by atoms with Crippen LogP contribution >= 0.6 is 11.6 Å². The van der Waals surface area contributed by atoms with Crippen LogP contribution in [0.4, 0.5) is 0 Å². The summed E-state index contributed by atoms with van der Waals surface area (Å²) >= 11 is 5.90. The number of amides is 1. The van der Waals surface area contributed by atoms with Crippen molar-refractivity contribution in [2.45, 2.75) is 6.54 Å². The van der Waals surface area contributed by atoms with Crippen molar-refractivity contribution in [3.05, 3.63) is 64.2 Å². The van der Waals surface area contributed by atoms with Crippen molar-refractivity contribution >= 4 is 17.5 Å². The average molecular weight is 287 g/mol. The van der Waals surface area contributed by atoms with Gasteiger partial charge in [-0.25, -0.2) is 0 Å². The average Bonchev–Trinajstić information content (AvgIpc) is 2.47. The molecule has 0 aliphatic heterocycles. The van der Waals surface area contributed by atoms with Crippen LogP contribution < -0.4 is 5.32 Å². The maximum atomic E-state index is 12.0. The number of nitrogens with zero attached hydrogens (tertiary/aromatic N) is 1. The van der Waals surface area contributed by atoms with Crippen LogP contribution in [0.25, 0.3) is 0 Å². The van der Waals surface area contributed by atoms with Crippen molar-refractivity contribution in [1.29, 1.82) is 5.26 Å². The largest absolute Gasteiger partial charge is 0.508 e. The summed E-state index contributed by atoms with van der Waals surface area (Å²) in [6, 6.07) is 13.1. The van der Waals surface area contributed by atoms with E-state index in [4.69, 9.17) is 16.9 Å². The number of halogens is 1. The van der Waals surface area contributed by atoms with Gasteiger partial charge >= 0.3 is 0 Å². The van der Waals surface area contributed by atoms with Crippen LogP contribution in [0.1, 0.15) is 21.5 Å². The monoisotopic (exact) mass is 286 g/mol. The Kier molecular flexibility index (Phi) is 4.24. The molecule has 2 N–H and O–H groups in total. The molecule has 4 nitrogen and oxygen atoms in total. The van der Waals surface area contributed by atoms with E-state index in [1.54, 1.807) is 24.3 Å². The molecule has 0 aliphatic carbocycles. The quantitative estimate of drug-likeness (QED) is 0.911. The zero-order valence-corrected chi connectivity index (χ0v) is 11.2. The number of benzene rings is 2. The SMILES string of the molecule is N#Cc1ccc(CNC(=O)c2cc(O)ccc2Cl)cc1. The number of carbonyl (C=O) groups is 1. The second kappa shape index (κ2) is 6.09. The third-order valence-electron chi connectivity index (χ3n) is 2.73. The highest BCUT2D eigenvalue weighted by Crippen LogP contribution is 2.21. The molecule has 0 fully saturated rings. The van der Waals surface area contributed by atoms with Gasteiger partial charge in [-0.2, -0.15) is 5.26 Å². The van der Waals surface area contributed by atoms with Gasteiger partial charge in [0.1, 0.15) is 5.75 Å². The zero-order valence-electron chi connectivity index (χ0n) is 10.4. The Balaban J connectivity index is 2.04. The Morgan fingerprint density at radius 2 is 1.95 bits per heavy atom. The molecule has 0 unspecified atom stereocenters. The number of phenolic OH excluding ortho intramolecular Hbond substituents is 1. The van der Waals surface area contributed by atoms with Gasteiger partial charge in [-0.05, 0) is 35.9 Å². The van der Waals surface area contributed by atoms with Crippen LogP contribution in [0.2, 0.25) is 5.02 Å².